The Balaban J connectivity index is 1.36. The second-order valence-corrected chi connectivity index (χ2v) is 7.34. The maximum Gasteiger partial charge on any atom is 0.254 e. The molecule has 27 heavy (non-hydrogen) atoms. The minimum Gasteiger partial charge on any atom is -0.346 e. The number of imidazole rings is 1. The number of hydrogen-bond donors (Lipinski definition) is 1. The van der Waals surface area contributed by atoms with Gasteiger partial charge in [-0.1, -0.05) is 0 Å². The molecule has 0 atom stereocenters. The average molecular weight is 381 g/mol. The van der Waals surface area contributed by atoms with Crippen molar-refractivity contribution >= 4 is 23.2 Å². The molecular formula is C19H19N5O2S. The van der Waals surface area contributed by atoms with E-state index in [1.54, 1.807) is 30.9 Å². The summed E-state index contributed by atoms with van der Waals surface area (Å²) >= 11 is 1.50. The number of aryl methyl sites for hydroxylation is 1. The normalized spacial score (nSPS) is 13.0. The van der Waals surface area contributed by atoms with Gasteiger partial charge in [-0.3, -0.25) is 9.59 Å². The Morgan fingerprint density at radius 1 is 1.26 bits per heavy atom. The van der Waals surface area contributed by atoms with Crippen LogP contribution in [0.5, 0.6) is 0 Å². The summed E-state index contributed by atoms with van der Waals surface area (Å²) in [6.07, 6.45) is 8.01. The lowest BCUT2D eigenvalue weighted by Gasteiger charge is -2.15. The standard InChI is InChI=1S/C19H19N5O2S/c25-18(22-11-17-21-5-9-27-17)14-2-3-16-15(10-14)12-24(19(16)26)7-1-6-23-8-4-20-13-23/h2-5,8-10,13H,1,6-7,11-12H2,(H,22,25). The van der Waals surface area contributed by atoms with Gasteiger partial charge in [-0.25, -0.2) is 9.97 Å². The van der Waals surface area contributed by atoms with Gasteiger partial charge in [-0.2, -0.15) is 0 Å². The van der Waals surface area contributed by atoms with E-state index in [1.807, 2.05) is 27.1 Å². The fourth-order valence-electron chi connectivity index (χ4n) is 3.16. The lowest BCUT2D eigenvalue weighted by Crippen LogP contribution is -2.25. The largest absolute Gasteiger partial charge is 0.346 e. The fraction of sp³-hybridized carbons (Fsp3) is 0.263. The zero-order valence-corrected chi connectivity index (χ0v) is 15.5. The molecule has 1 aliphatic heterocycles. The van der Waals surface area contributed by atoms with Crippen molar-refractivity contribution < 1.29 is 9.59 Å². The van der Waals surface area contributed by atoms with Gasteiger partial charge >= 0.3 is 0 Å². The summed E-state index contributed by atoms with van der Waals surface area (Å²) in [4.78, 5) is 34.9. The van der Waals surface area contributed by atoms with Crippen LogP contribution in [-0.2, 0) is 19.6 Å². The molecule has 138 valence electrons. The number of nitrogens with one attached hydrogen (secondary N) is 1. The Morgan fingerprint density at radius 2 is 2.19 bits per heavy atom. The molecule has 2 aromatic heterocycles. The minimum absolute atomic E-state index is 0.0328. The molecule has 0 saturated carbocycles. The molecule has 0 fully saturated rings. The molecule has 2 amide bonds. The second-order valence-electron chi connectivity index (χ2n) is 6.36. The van der Waals surface area contributed by atoms with Crippen LogP contribution in [0, 0.1) is 0 Å². The zero-order valence-electron chi connectivity index (χ0n) is 14.7. The maximum atomic E-state index is 12.6. The van der Waals surface area contributed by atoms with Gasteiger partial charge in [0.25, 0.3) is 11.8 Å². The highest BCUT2D eigenvalue weighted by Crippen LogP contribution is 2.24. The Hall–Kier alpha value is -3.00. The van der Waals surface area contributed by atoms with Crippen molar-refractivity contribution in [2.24, 2.45) is 0 Å². The van der Waals surface area contributed by atoms with Gasteiger partial charge in [0.1, 0.15) is 5.01 Å². The van der Waals surface area contributed by atoms with Crippen LogP contribution in [-0.4, -0.2) is 37.8 Å². The Kier molecular flexibility index (Phi) is 4.97. The smallest absolute Gasteiger partial charge is 0.254 e. The van der Waals surface area contributed by atoms with Crippen LogP contribution < -0.4 is 5.32 Å². The van der Waals surface area contributed by atoms with Crippen molar-refractivity contribution in [3.63, 3.8) is 0 Å². The van der Waals surface area contributed by atoms with Gasteiger partial charge in [0.15, 0.2) is 0 Å². The van der Waals surface area contributed by atoms with Crippen molar-refractivity contribution in [3.8, 4) is 0 Å². The van der Waals surface area contributed by atoms with Crippen molar-refractivity contribution in [2.45, 2.75) is 26.1 Å². The SMILES string of the molecule is O=C(NCc1nccs1)c1ccc2c(c1)CN(CCCn1ccnc1)C2=O. The molecular weight excluding hydrogens is 362 g/mol. The zero-order chi connectivity index (χ0) is 18.6. The van der Waals surface area contributed by atoms with E-state index in [2.05, 4.69) is 15.3 Å². The molecule has 0 spiro atoms. The van der Waals surface area contributed by atoms with Crippen molar-refractivity contribution in [1.29, 1.82) is 0 Å². The van der Waals surface area contributed by atoms with E-state index in [0.717, 1.165) is 23.5 Å². The molecule has 0 saturated heterocycles. The van der Waals surface area contributed by atoms with Gasteiger partial charge in [0, 0.05) is 54.7 Å². The summed E-state index contributed by atoms with van der Waals surface area (Å²) in [5, 5.41) is 5.61. The molecule has 0 unspecified atom stereocenters. The van der Waals surface area contributed by atoms with Crippen LogP contribution in [0.4, 0.5) is 0 Å². The lowest BCUT2D eigenvalue weighted by molar-refractivity contribution is 0.0774. The molecule has 0 radical (unpaired) electrons. The third kappa shape index (κ3) is 3.90. The number of rotatable bonds is 7. The van der Waals surface area contributed by atoms with E-state index in [9.17, 15) is 9.59 Å². The second kappa shape index (κ2) is 7.71. The average Bonchev–Trinajstić information content (AvgIpc) is 3.42. The third-order valence-electron chi connectivity index (χ3n) is 4.53. The highest BCUT2D eigenvalue weighted by atomic mass is 32.1. The van der Waals surface area contributed by atoms with Crippen LogP contribution in [0.3, 0.4) is 0 Å². The van der Waals surface area contributed by atoms with Crippen LogP contribution in [0.15, 0.2) is 48.5 Å². The first-order valence-electron chi connectivity index (χ1n) is 8.75. The van der Waals surface area contributed by atoms with Gasteiger partial charge in [0.2, 0.25) is 0 Å². The first kappa shape index (κ1) is 17.4. The lowest BCUT2D eigenvalue weighted by atomic mass is 10.1. The molecule has 0 bridgehead atoms. The van der Waals surface area contributed by atoms with Crippen LogP contribution in [0.25, 0.3) is 0 Å². The van der Waals surface area contributed by atoms with E-state index >= 15 is 0 Å². The fourth-order valence-corrected chi connectivity index (χ4v) is 3.72. The van der Waals surface area contributed by atoms with E-state index in [0.29, 0.717) is 30.8 Å². The number of nitrogens with zero attached hydrogens (tertiary/aromatic N) is 4. The quantitative estimate of drug-likeness (QED) is 0.681. The Bertz CT molecular complexity index is 937. The number of carbonyl (C=O) groups is 2. The van der Waals surface area contributed by atoms with Crippen molar-refractivity contribution in [3.05, 3.63) is 70.2 Å². The molecule has 7 nitrogen and oxygen atoms in total. The van der Waals surface area contributed by atoms with Crippen molar-refractivity contribution in [2.75, 3.05) is 6.54 Å². The van der Waals surface area contributed by atoms with Gasteiger partial charge in [-0.15, -0.1) is 11.3 Å². The predicted octanol–water partition coefficient (Wildman–Crippen LogP) is 2.32. The van der Waals surface area contributed by atoms with Gasteiger partial charge in [0.05, 0.1) is 12.9 Å². The van der Waals surface area contributed by atoms with Gasteiger partial charge < -0.3 is 14.8 Å². The number of benzene rings is 1. The third-order valence-corrected chi connectivity index (χ3v) is 5.31. The van der Waals surface area contributed by atoms with Crippen LogP contribution in [0.2, 0.25) is 0 Å². The minimum atomic E-state index is -0.154. The summed E-state index contributed by atoms with van der Waals surface area (Å²) in [6, 6.07) is 5.29. The summed E-state index contributed by atoms with van der Waals surface area (Å²) < 4.78 is 2.00. The van der Waals surface area contributed by atoms with Crippen molar-refractivity contribution in [1.82, 2.24) is 24.8 Å². The molecule has 1 aliphatic rings. The van der Waals surface area contributed by atoms with E-state index in [1.165, 1.54) is 11.3 Å². The molecule has 1 N–H and O–H groups in total. The summed E-state index contributed by atoms with van der Waals surface area (Å²) in [7, 11) is 0. The number of aromatic nitrogens is 3. The molecule has 3 aromatic rings. The van der Waals surface area contributed by atoms with Crippen LogP contribution in [0.1, 0.15) is 37.7 Å². The first-order chi connectivity index (χ1) is 13.2. The molecule has 4 rings (SSSR count). The number of carbonyl (C=O) groups excluding carboxylic acids is 2. The number of hydrogen-bond acceptors (Lipinski definition) is 5. The van der Waals surface area contributed by atoms with Gasteiger partial charge in [-0.05, 0) is 30.2 Å². The summed E-state index contributed by atoms with van der Waals surface area (Å²) in [6.45, 7) is 2.46. The maximum absolute atomic E-state index is 12.6. The van der Waals surface area contributed by atoms with E-state index < -0.39 is 0 Å². The van der Waals surface area contributed by atoms with Crippen LogP contribution >= 0.6 is 11.3 Å². The molecule has 0 aliphatic carbocycles. The van der Waals surface area contributed by atoms with E-state index in [-0.39, 0.29) is 11.8 Å². The number of fused-ring (bicyclic) bond motifs is 1. The van der Waals surface area contributed by atoms with E-state index in [4.69, 9.17) is 0 Å². The monoisotopic (exact) mass is 381 g/mol. The Morgan fingerprint density at radius 3 is 2.96 bits per heavy atom. The summed E-state index contributed by atoms with van der Waals surface area (Å²) in [5.74, 6) is -0.121. The Labute approximate surface area is 160 Å². The first-order valence-corrected chi connectivity index (χ1v) is 9.63. The highest BCUT2D eigenvalue weighted by molar-refractivity contribution is 7.09. The molecule has 8 heteroatoms. The predicted molar refractivity (Wildman–Crippen MR) is 101 cm³/mol. The topological polar surface area (TPSA) is 80.1 Å². The molecule has 1 aromatic carbocycles. The number of thiazole rings is 1. The summed E-state index contributed by atoms with van der Waals surface area (Å²) in [5.41, 5.74) is 2.16. The highest BCUT2D eigenvalue weighted by Gasteiger charge is 2.27. The molecule has 3 heterocycles. The number of amides is 2.